The lowest BCUT2D eigenvalue weighted by Gasteiger charge is -2.22. The van der Waals surface area contributed by atoms with Gasteiger partial charge < -0.3 is 9.88 Å². The summed E-state index contributed by atoms with van der Waals surface area (Å²) in [5.41, 5.74) is 2.04. The van der Waals surface area contributed by atoms with E-state index in [1.807, 2.05) is 13.8 Å². The Hall–Kier alpha value is -2.85. The Morgan fingerprint density at radius 1 is 1.03 bits per heavy atom. The van der Waals surface area contributed by atoms with Crippen LogP contribution < -0.4 is 10.0 Å². The molecule has 1 atom stereocenters. The summed E-state index contributed by atoms with van der Waals surface area (Å²) in [6, 6.07) is 8.14. The standard InChI is InChI=1S/C23H28F2N4O3S/c1-14(2)22(29-13-27-20-9-18(24)19(25)10-21(20)29)23(30)26-11-16-5-7-17(8-6-16)12-33(31,32)28-15(3)4/h5-10,13-15,22,28H,11-12H2,1-4H3,(H,26,30). The molecular formula is C23H28F2N4O3S. The minimum Gasteiger partial charge on any atom is -0.350 e. The molecule has 0 bridgehead atoms. The van der Waals surface area contributed by atoms with Crippen LogP contribution in [0.25, 0.3) is 11.0 Å². The SMILES string of the molecule is CC(C)NS(=O)(=O)Cc1ccc(CNC(=O)C(C(C)C)n2cnc3cc(F)c(F)cc32)cc1. The second-order valence-electron chi connectivity index (χ2n) is 8.66. The van der Waals surface area contributed by atoms with Crippen molar-refractivity contribution in [2.45, 2.75) is 52.1 Å². The van der Waals surface area contributed by atoms with E-state index >= 15 is 0 Å². The van der Waals surface area contributed by atoms with Crippen molar-refractivity contribution in [1.82, 2.24) is 19.6 Å². The monoisotopic (exact) mass is 478 g/mol. The molecule has 3 aromatic rings. The third-order valence-corrected chi connectivity index (χ3v) is 6.62. The molecule has 0 spiro atoms. The maximum absolute atomic E-state index is 13.8. The summed E-state index contributed by atoms with van der Waals surface area (Å²) < 4.78 is 55.5. The number of imidazole rings is 1. The molecule has 10 heteroatoms. The number of fused-ring (bicyclic) bond motifs is 1. The molecular weight excluding hydrogens is 450 g/mol. The minimum absolute atomic E-state index is 0.127. The summed E-state index contributed by atoms with van der Waals surface area (Å²) in [5.74, 6) is -2.55. The van der Waals surface area contributed by atoms with Gasteiger partial charge in [0.2, 0.25) is 15.9 Å². The molecule has 1 unspecified atom stereocenters. The Balaban J connectivity index is 1.70. The fourth-order valence-electron chi connectivity index (χ4n) is 3.66. The summed E-state index contributed by atoms with van der Waals surface area (Å²) in [6.45, 7) is 7.46. The van der Waals surface area contributed by atoms with Crippen LogP contribution in [-0.4, -0.2) is 29.9 Å². The number of carbonyl (C=O) groups is 1. The van der Waals surface area contributed by atoms with Crippen molar-refractivity contribution in [3.05, 3.63) is 65.5 Å². The van der Waals surface area contributed by atoms with E-state index in [1.54, 1.807) is 42.7 Å². The number of sulfonamides is 1. The molecule has 178 valence electrons. The van der Waals surface area contributed by atoms with Gasteiger partial charge in [0.15, 0.2) is 11.6 Å². The van der Waals surface area contributed by atoms with E-state index in [2.05, 4.69) is 15.0 Å². The second-order valence-corrected chi connectivity index (χ2v) is 10.4. The Morgan fingerprint density at radius 2 is 1.64 bits per heavy atom. The van der Waals surface area contributed by atoms with Crippen LogP contribution in [0.3, 0.4) is 0 Å². The van der Waals surface area contributed by atoms with Crippen molar-refractivity contribution in [1.29, 1.82) is 0 Å². The van der Waals surface area contributed by atoms with Gasteiger partial charge in [-0.1, -0.05) is 38.1 Å². The van der Waals surface area contributed by atoms with Gasteiger partial charge >= 0.3 is 0 Å². The number of hydrogen-bond donors (Lipinski definition) is 2. The summed E-state index contributed by atoms with van der Waals surface area (Å²) in [7, 11) is -3.42. The molecule has 3 rings (SSSR count). The van der Waals surface area contributed by atoms with E-state index in [0.29, 0.717) is 11.1 Å². The first-order valence-corrected chi connectivity index (χ1v) is 12.3. The highest BCUT2D eigenvalue weighted by Crippen LogP contribution is 2.25. The fourth-order valence-corrected chi connectivity index (χ4v) is 5.09. The smallest absolute Gasteiger partial charge is 0.243 e. The van der Waals surface area contributed by atoms with Gasteiger partial charge in [-0.25, -0.2) is 26.9 Å². The Labute approximate surface area is 192 Å². The first kappa shape index (κ1) is 24.8. The van der Waals surface area contributed by atoms with E-state index in [9.17, 15) is 22.0 Å². The van der Waals surface area contributed by atoms with E-state index in [-0.39, 0.29) is 35.7 Å². The highest BCUT2D eigenvalue weighted by molar-refractivity contribution is 7.88. The van der Waals surface area contributed by atoms with Gasteiger partial charge in [-0.15, -0.1) is 0 Å². The number of rotatable bonds is 9. The van der Waals surface area contributed by atoms with Crippen molar-refractivity contribution in [3.63, 3.8) is 0 Å². The summed E-state index contributed by atoms with van der Waals surface area (Å²) in [6.07, 6.45) is 1.41. The predicted molar refractivity (Wildman–Crippen MR) is 123 cm³/mol. The number of halogens is 2. The summed E-state index contributed by atoms with van der Waals surface area (Å²) >= 11 is 0. The maximum atomic E-state index is 13.8. The zero-order chi connectivity index (χ0) is 24.3. The van der Waals surface area contributed by atoms with E-state index < -0.39 is 27.7 Å². The number of nitrogens with one attached hydrogen (secondary N) is 2. The van der Waals surface area contributed by atoms with Gasteiger partial charge in [-0.05, 0) is 30.9 Å². The predicted octanol–water partition coefficient (Wildman–Crippen LogP) is 3.66. The molecule has 0 radical (unpaired) electrons. The van der Waals surface area contributed by atoms with Crippen molar-refractivity contribution >= 4 is 27.0 Å². The second kappa shape index (κ2) is 9.96. The van der Waals surface area contributed by atoms with Gasteiger partial charge in [0.1, 0.15) is 6.04 Å². The van der Waals surface area contributed by atoms with Crippen LogP contribution in [0.5, 0.6) is 0 Å². The van der Waals surface area contributed by atoms with Gasteiger partial charge in [0, 0.05) is 24.7 Å². The molecule has 2 aromatic carbocycles. The molecule has 1 amide bonds. The lowest BCUT2D eigenvalue weighted by Crippen LogP contribution is -2.35. The number of benzene rings is 2. The first-order valence-electron chi connectivity index (χ1n) is 10.6. The largest absolute Gasteiger partial charge is 0.350 e. The fraction of sp³-hybridized carbons (Fsp3) is 0.391. The highest BCUT2D eigenvalue weighted by Gasteiger charge is 2.26. The Kier molecular flexibility index (Phi) is 7.48. The average Bonchev–Trinajstić information content (AvgIpc) is 3.08. The number of amides is 1. The lowest BCUT2D eigenvalue weighted by atomic mass is 10.0. The van der Waals surface area contributed by atoms with Crippen molar-refractivity contribution < 1.29 is 22.0 Å². The molecule has 1 aromatic heterocycles. The molecule has 0 aliphatic heterocycles. The van der Waals surface area contributed by atoms with Crippen LogP contribution in [0.2, 0.25) is 0 Å². The van der Waals surface area contributed by atoms with E-state index in [0.717, 1.165) is 17.7 Å². The maximum Gasteiger partial charge on any atom is 0.243 e. The van der Waals surface area contributed by atoms with Crippen LogP contribution in [0.4, 0.5) is 8.78 Å². The van der Waals surface area contributed by atoms with Gasteiger partial charge in [-0.3, -0.25) is 4.79 Å². The van der Waals surface area contributed by atoms with Crippen LogP contribution in [0.1, 0.15) is 44.9 Å². The number of carbonyl (C=O) groups excluding carboxylic acids is 1. The molecule has 0 aliphatic rings. The van der Waals surface area contributed by atoms with Crippen molar-refractivity contribution in [2.24, 2.45) is 5.92 Å². The lowest BCUT2D eigenvalue weighted by molar-refractivity contribution is -0.125. The normalized spacial score (nSPS) is 13.1. The number of nitrogens with zero attached hydrogens (tertiary/aromatic N) is 2. The first-order chi connectivity index (χ1) is 15.5. The molecule has 7 nitrogen and oxygen atoms in total. The minimum atomic E-state index is -3.42. The van der Waals surface area contributed by atoms with E-state index in [4.69, 9.17) is 0 Å². The molecule has 0 saturated carbocycles. The molecule has 0 saturated heterocycles. The molecule has 2 N–H and O–H groups in total. The number of hydrogen-bond acceptors (Lipinski definition) is 4. The van der Waals surface area contributed by atoms with Crippen LogP contribution in [0.15, 0.2) is 42.7 Å². The van der Waals surface area contributed by atoms with Gasteiger partial charge in [-0.2, -0.15) is 0 Å². The molecule has 0 aliphatic carbocycles. The quantitative estimate of drug-likeness (QED) is 0.491. The highest BCUT2D eigenvalue weighted by atomic mass is 32.2. The van der Waals surface area contributed by atoms with Gasteiger partial charge in [0.25, 0.3) is 0 Å². The molecule has 33 heavy (non-hydrogen) atoms. The van der Waals surface area contributed by atoms with Crippen LogP contribution in [-0.2, 0) is 27.1 Å². The summed E-state index contributed by atoms with van der Waals surface area (Å²) in [5, 5.41) is 2.87. The zero-order valence-corrected chi connectivity index (χ0v) is 19.8. The topological polar surface area (TPSA) is 93.1 Å². The third-order valence-electron chi connectivity index (χ3n) is 5.08. The Morgan fingerprint density at radius 3 is 2.24 bits per heavy atom. The number of aromatic nitrogens is 2. The van der Waals surface area contributed by atoms with Crippen LogP contribution >= 0.6 is 0 Å². The van der Waals surface area contributed by atoms with Gasteiger partial charge in [0.05, 0.1) is 23.1 Å². The van der Waals surface area contributed by atoms with Crippen molar-refractivity contribution in [2.75, 3.05) is 0 Å². The Bertz CT molecular complexity index is 1240. The molecule has 1 heterocycles. The molecule has 0 fully saturated rings. The average molecular weight is 479 g/mol. The zero-order valence-electron chi connectivity index (χ0n) is 19.0. The van der Waals surface area contributed by atoms with Crippen LogP contribution in [0, 0.1) is 17.6 Å². The van der Waals surface area contributed by atoms with Crippen molar-refractivity contribution in [3.8, 4) is 0 Å². The van der Waals surface area contributed by atoms with E-state index in [1.165, 1.54) is 6.33 Å². The summed E-state index contributed by atoms with van der Waals surface area (Å²) in [4.78, 5) is 17.1. The third kappa shape index (κ3) is 6.14.